The summed E-state index contributed by atoms with van der Waals surface area (Å²) in [5, 5.41) is 3.18. The molecular formula is C7H11NO2. The third-order valence-corrected chi connectivity index (χ3v) is 2.59. The van der Waals surface area contributed by atoms with Crippen molar-refractivity contribution in [2.45, 2.75) is 18.4 Å². The minimum atomic E-state index is -0.241. The quantitative estimate of drug-likeness (QED) is 0.519. The molecule has 0 unspecified atom stereocenters. The summed E-state index contributed by atoms with van der Waals surface area (Å²) >= 11 is 0. The van der Waals surface area contributed by atoms with Crippen LogP contribution < -0.4 is 5.32 Å². The van der Waals surface area contributed by atoms with Crippen LogP contribution in [0.25, 0.3) is 0 Å². The Kier molecular flexibility index (Phi) is 1.06. The van der Waals surface area contributed by atoms with Crippen molar-refractivity contribution < 1.29 is 9.53 Å². The normalized spacial score (nSPS) is 42.7. The Morgan fingerprint density at radius 2 is 2.60 bits per heavy atom. The maximum Gasteiger partial charge on any atom is 0.326 e. The van der Waals surface area contributed by atoms with E-state index in [9.17, 15) is 4.79 Å². The van der Waals surface area contributed by atoms with Crippen LogP contribution in [0.15, 0.2) is 0 Å². The van der Waals surface area contributed by atoms with Crippen LogP contribution in [0.5, 0.6) is 0 Å². The summed E-state index contributed by atoms with van der Waals surface area (Å²) in [6.07, 6.45) is 2.12. The summed E-state index contributed by atoms with van der Waals surface area (Å²) in [6, 6.07) is 0. The molecule has 2 fully saturated rings. The number of nitrogens with one attached hydrogen (secondary N) is 1. The van der Waals surface area contributed by atoms with Crippen LogP contribution in [-0.2, 0) is 9.53 Å². The lowest BCUT2D eigenvalue weighted by Gasteiger charge is -2.08. The van der Waals surface area contributed by atoms with E-state index in [1.807, 2.05) is 0 Å². The van der Waals surface area contributed by atoms with Gasteiger partial charge in [-0.1, -0.05) is 0 Å². The Morgan fingerprint density at radius 1 is 1.80 bits per heavy atom. The summed E-state index contributed by atoms with van der Waals surface area (Å²) < 4.78 is 4.68. The van der Waals surface area contributed by atoms with Gasteiger partial charge in [-0.3, -0.25) is 4.79 Å². The molecule has 0 aromatic carbocycles. The second-order valence-corrected chi connectivity index (χ2v) is 3.08. The average Bonchev–Trinajstić information content (AvgIpc) is 2.54. The summed E-state index contributed by atoms with van der Waals surface area (Å²) in [4.78, 5) is 11.1. The number of piperidine rings is 1. The smallest absolute Gasteiger partial charge is 0.326 e. The van der Waals surface area contributed by atoms with Crippen molar-refractivity contribution in [1.82, 2.24) is 5.32 Å². The largest absolute Gasteiger partial charge is 0.468 e. The van der Waals surface area contributed by atoms with E-state index in [0.717, 1.165) is 19.4 Å². The van der Waals surface area contributed by atoms with Crippen LogP contribution in [0.1, 0.15) is 12.8 Å². The first-order valence-electron chi connectivity index (χ1n) is 3.63. The molecule has 0 bridgehead atoms. The van der Waals surface area contributed by atoms with Gasteiger partial charge in [0.2, 0.25) is 0 Å². The van der Waals surface area contributed by atoms with Crippen molar-refractivity contribution in [2.75, 3.05) is 13.7 Å². The number of fused-ring (bicyclic) bond motifs is 1. The van der Waals surface area contributed by atoms with Crippen molar-refractivity contribution in [1.29, 1.82) is 0 Å². The highest BCUT2D eigenvalue weighted by Crippen LogP contribution is 2.50. The Balaban J connectivity index is 2.11. The van der Waals surface area contributed by atoms with Gasteiger partial charge in [-0.2, -0.15) is 0 Å². The molecule has 2 atom stereocenters. The van der Waals surface area contributed by atoms with Gasteiger partial charge >= 0.3 is 5.97 Å². The van der Waals surface area contributed by atoms with Gasteiger partial charge in [-0.15, -0.1) is 0 Å². The van der Waals surface area contributed by atoms with E-state index < -0.39 is 0 Å². The van der Waals surface area contributed by atoms with Crippen LogP contribution in [0.3, 0.4) is 0 Å². The summed E-state index contributed by atoms with van der Waals surface area (Å²) in [7, 11) is 1.45. The highest BCUT2D eigenvalue weighted by Gasteiger charge is 2.63. The average molecular weight is 141 g/mol. The lowest BCUT2D eigenvalue weighted by molar-refractivity contribution is -0.144. The molecule has 1 heterocycles. The molecule has 0 spiro atoms. The molecule has 1 saturated carbocycles. The number of carbonyl (C=O) groups is 1. The number of esters is 1. The number of carbonyl (C=O) groups excluding carboxylic acids is 1. The van der Waals surface area contributed by atoms with Crippen molar-refractivity contribution >= 4 is 5.97 Å². The zero-order valence-corrected chi connectivity index (χ0v) is 6.02. The molecule has 10 heavy (non-hydrogen) atoms. The van der Waals surface area contributed by atoms with Crippen LogP contribution >= 0.6 is 0 Å². The maximum absolute atomic E-state index is 11.1. The van der Waals surface area contributed by atoms with E-state index >= 15 is 0 Å². The van der Waals surface area contributed by atoms with E-state index in [2.05, 4.69) is 10.1 Å². The van der Waals surface area contributed by atoms with Crippen LogP contribution in [0, 0.1) is 5.92 Å². The third kappa shape index (κ3) is 0.560. The van der Waals surface area contributed by atoms with Crippen LogP contribution in [0.4, 0.5) is 0 Å². The first-order valence-corrected chi connectivity index (χ1v) is 3.63. The first-order chi connectivity index (χ1) is 4.79. The highest BCUT2D eigenvalue weighted by molar-refractivity contribution is 5.85. The molecule has 0 aromatic heterocycles. The Hall–Kier alpha value is -0.570. The number of methoxy groups -OCH3 is 1. The number of rotatable bonds is 1. The van der Waals surface area contributed by atoms with Gasteiger partial charge in [0.1, 0.15) is 5.54 Å². The molecule has 1 N–H and O–H groups in total. The van der Waals surface area contributed by atoms with Gasteiger partial charge in [0.25, 0.3) is 0 Å². The highest BCUT2D eigenvalue weighted by atomic mass is 16.5. The molecule has 0 aromatic rings. The van der Waals surface area contributed by atoms with E-state index in [1.165, 1.54) is 7.11 Å². The molecule has 0 amide bonds. The molecule has 2 aliphatic rings. The molecule has 3 nitrogen and oxygen atoms in total. The Bertz CT molecular complexity index is 180. The predicted octanol–water partition coefficient (Wildman–Crippen LogP) is -0.0886. The molecule has 1 aliphatic heterocycles. The number of ether oxygens (including phenoxy) is 1. The van der Waals surface area contributed by atoms with Gasteiger partial charge in [0.15, 0.2) is 0 Å². The first kappa shape index (κ1) is 6.16. The van der Waals surface area contributed by atoms with Gasteiger partial charge in [0, 0.05) is 0 Å². The molecule has 1 aliphatic carbocycles. The summed E-state index contributed by atoms with van der Waals surface area (Å²) in [5.41, 5.74) is -0.241. The maximum atomic E-state index is 11.1. The van der Waals surface area contributed by atoms with Crippen molar-refractivity contribution in [3.05, 3.63) is 0 Å². The van der Waals surface area contributed by atoms with E-state index in [-0.39, 0.29) is 11.5 Å². The lowest BCUT2D eigenvalue weighted by Crippen LogP contribution is -2.37. The second-order valence-electron chi connectivity index (χ2n) is 3.08. The van der Waals surface area contributed by atoms with Crippen LogP contribution in [0.2, 0.25) is 0 Å². The fourth-order valence-electron chi connectivity index (χ4n) is 1.87. The molecule has 0 radical (unpaired) electrons. The minimum Gasteiger partial charge on any atom is -0.468 e. The summed E-state index contributed by atoms with van der Waals surface area (Å²) in [6.45, 7) is 0.972. The van der Waals surface area contributed by atoms with E-state index in [0.29, 0.717) is 5.92 Å². The fraction of sp³-hybridized carbons (Fsp3) is 0.857. The summed E-state index contributed by atoms with van der Waals surface area (Å²) in [5.74, 6) is 0.495. The Morgan fingerprint density at radius 3 is 3.00 bits per heavy atom. The fourth-order valence-corrected chi connectivity index (χ4v) is 1.87. The van der Waals surface area contributed by atoms with Crippen molar-refractivity contribution in [2.24, 2.45) is 5.92 Å². The SMILES string of the molecule is COC(=O)[C@@]12C[C@@H]1CCN2. The molecular weight excluding hydrogens is 130 g/mol. The minimum absolute atomic E-state index is 0.0741. The van der Waals surface area contributed by atoms with Gasteiger partial charge in [-0.25, -0.2) is 0 Å². The Labute approximate surface area is 59.7 Å². The van der Waals surface area contributed by atoms with E-state index in [1.54, 1.807) is 0 Å². The zero-order chi connectivity index (χ0) is 7.19. The monoisotopic (exact) mass is 141 g/mol. The van der Waals surface area contributed by atoms with Gasteiger partial charge in [-0.05, 0) is 25.3 Å². The molecule has 3 heteroatoms. The van der Waals surface area contributed by atoms with E-state index in [4.69, 9.17) is 0 Å². The second kappa shape index (κ2) is 1.72. The predicted molar refractivity (Wildman–Crippen MR) is 35.5 cm³/mol. The lowest BCUT2D eigenvalue weighted by atomic mass is 10.2. The standard InChI is InChI=1S/C7H11NO2/c1-10-6(9)7-4-5(7)2-3-8-7/h5,8H,2-4H2,1H3/t5-,7+/m0/s1. The number of hydrogen-bond acceptors (Lipinski definition) is 3. The van der Waals surface area contributed by atoms with Crippen molar-refractivity contribution in [3.63, 3.8) is 0 Å². The molecule has 1 saturated heterocycles. The third-order valence-electron chi connectivity index (χ3n) is 2.59. The molecule has 56 valence electrons. The number of hydrogen-bond donors (Lipinski definition) is 1. The van der Waals surface area contributed by atoms with Crippen molar-refractivity contribution in [3.8, 4) is 0 Å². The molecule has 2 rings (SSSR count). The van der Waals surface area contributed by atoms with Gasteiger partial charge in [0.05, 0.1) is 7.11 Å². The van der Waals surface area contributed by atoms with Gasteiger partial charge < -0.3 is 10.1 Å². The topological polar surface area (TPSA) is 38.3 Å². The van der Waals surface area contributed by atoms with Crippen LogP contribution in [-0.4, -0.2) is 25.2 Å². The zero-order valence-electron chi connectivity index (χ0n) is 6.02.